The van der Waals surface area contributed by atoms with E-state index in [2.05, 4.69) is 168 Å². The molecule has 10 rings (SSSR count). The van der Waals surface area contributed by atoms with Crippen LogP contribution in [0, 0.1) is 0 Å². The Balaban J connectivity index is 1.08. The fourth-order valence-electron chi connectivity index (χ4n) is 8.01. The van der Waals surface area contributed by atoms with Crippen molar-refractivity contribution in [2.45, 2.75) is 6.42 Å². The van der Waals surface area contributed by atoms with E-state index in [1.54, 1.807) is 22.7 Å². The van der Waals surface area contributed by atoms with Crippen LogP contribution < -0.4 is 28.4 Å². The molecule has 0 atom stereocenters. The van der Waals surface area contributed by atoms with E-state index >= 15 is 0 Å². The van der Waals surface area contributed by atoms with Crippen LogP contribution in [0.15, 0.2) is 170 Å². The Morgan fingerprint density at radius 1 is 0.541 bits per heavy atom. The van der Waals surface area contributed by atoms with Crippen LogP contribution in [0.3, 0.4) is 0 Å². The number of ether oxygens (including phenoxy) is 2. The van der Waals surface area contributed by atoms with Crippen LogP contribution in [-0.4, -0.2) is 14.1 Å². The highest BCUT2D eigenvalue weighted by molar-refractivity contribution is 7.19. The molecule has 10 heteroatoms. The molecule has 0 fully saturated rings. The van der Waals surface area contributed by atoms with Crippen molar-refractivity contribution in [3.8, 4) is 33.8 Å². The van der Waals surface area contributed by atoms with Crippen molar-refractivity contribution in [2.75, 3.05) is 23.9 Å². The molecule has 6 nitrogen and oxygen atoms in total. The van der Waals surface area contributed by atoms with Crippen molar-refractivity contribution in [3.63, 3.8) is 0 Å². The van der Waals surface area contributed by atoms with E-state index in [-0.39, 0.29) is 0 Å². The number of aryl methyl sites for hydroxylation is 2. The van der Waals surface area contributed by atoms with Gasteiger partial charge in [-0.1, -0.05) is 119 Å². The Labute approximate surface area is 373 Å². The summed E-state index contributed by atoms with van der Waals surface area (Å²) in [7, 11) is 8.33. The third kappa shape index (κ3) is 7.40. The van der Waals surface area contributed by atoms with E-state index in [4.69, 9.17) is 32.7 Å². The molecule has 61 heavy (non-hydrogen) atoms. The van der Waals surface area contributed by atoms with Crippen molar-refractivity contribution in [1.82, 2.24) is 0 Å². The van der Waals surface area contributed by atoms with Gasteiger partial charge in [-0.05, 0) is 95.1 Å². The van der Waals surface area contributed by atoms with E-state index in [0.717, 1.165) is 98.5 Å². The number of nitrogens with zero attached hydrogens (tertiary/aromatic N) is 4. The molecule has 0 bridgehead atoms. The van der Waals surface area contributed by atoms with E-state index < -0.39 is 0 Å². The number of halogens is 2. The molecular weight excluding hydrogens is 836 g/mol. The molecule has 300 valence electrons. The molecule has 4 heterocycles. The van der Waals surface area contributed by atoms with Gasteiger partial charge in [0.1, 0.15) is 23.5 Å². The summed E-state index contributed by atoms with van der Waals surface area (Å²) in [5.74, 6) is 3.14. The number of benzene rings is 6. The Hall–Kier alpha value is -6.16. The standard InChI is InChI=1S/C51H40Cl2N4O2S2/c1-54-40-28-34(32-11-7-5-8-12-32)15-21-44(40)58-48(54)25-17-36(50-56(3)42-30-38(52)19-23-46(42)60-50)27-37(51-57(4)43-31-39(53)20-24-47(43)61-51)18-26-49-55(2)41-29-35(16-22-45(41)59-49)33-13-9-6-10-14-33/h5-26,28-31H,27H2,1-4H3/q+2. The van der Waals surface area contributed by atoms with E-state index in [0.29, 0.717) is 16.5 Å². The number of aromatic nitrogens is 2. The quantitative estimate of drug-likeness (QED) is 0.142. The summed E-state index contributed by atoms with van der Waals surface area (Å²) in [6, 6.07) is 45.8. The maximum atomic E-state index is 6.56. The van der Waals surface area contributed by atoms with E-state index in [1.807, 2.05) is 36.4 Å². The third-order valence-electron chi connectivity index (χ3n) is 11.3. The largest absolute Gasteiger partial charge is 0.439 e. The lowest BCUT2D eigenvalue weighted by Gasteiger charge is -2.12. The first-order chi connectivity index (χ1) is 29.7. The van der Waals surface area contributed by atoms with Gasteiger partial charge in [-0.3, -0.25) is 0 Å². The van der Waals surface area contributed by atoms with Crippen molar-refractivity contribution >= 4 is 88.8 Å². The summed E-state index contributed by atoms with van der Waals surface area (Å²) in [6.07, 6.45) is 9.17. The molecule has 6 aromatic carbocycles. The first kappa shape index (κ1) is 39.0. The number of hydrogen-bond acceptors (Lipinski definition) is 6. The zero-order chi connectivity index (χ0) is 41.8. The number of thiazole rings is 2. The average Bonchev–Trinajstić information content (AvgIpc) is 4.00. The minimum absolute atomic E-state index is 0.597. The summed E-state index contributed by atoms with van der Waals surface area (Å²) in [4.78, 5) is 4.23. The van der Waals surface area contributed by atoms with Crippen molar-refractivity contribution in [3.05, 3.63) is 190 Å². The van der Waals surface area contributed by atoms with Gasteiger partial charge in [-0.25, -0.2) is 0 Å². The fraction of sp³-hybridized carbons (Fsp3) is 0.0980. The summed E-state index contributed by atoms with van der Waals surface area (Å²) < 4.78 is 19.8. The number of hydrogen-bond donors (Lipinski definition) is 0. The SMILES string of the molecule is CN1C(=CC=C(CC(=CC=C2Oc3ccc(-c4ccccc4)cc3N2C)c2sc3ccc(Cl)cc3[n+]2C)c2sc3ccc(Cl)cc3[n+]2C)Oc2ccc(-c3ccccc3)cc21. The van der Waals surface area contributed by atoms with Crippen molar-refractivity contribution in [2.24, 2.45) is 14.1 Å². The normalized spacial score (nSPS) is 15.2. The second kappa shape index (κ2) is 16.0. The number of fused-ring (bicyclic) bond motifs is 4. The Bertz CT molecular complexity index is 2940. The fourth-order valence-corrected chi connectivity index (χ4v) is 10.6. The van der Waals surface area contributed by atoms with Crippen LogP contribution in [0.5, 0.6) is 11.5 Å². The summed E-state index contributed by atoms with van der Waals surface area (Å²) in [5.41, 5.74) is 11.0. The molecule has 0 spiro atoms. The molecule has 0 aliphatic carbocycles. The number of anilines is 2. The van der Waals surface area contributed by atoms with Crippen LogP contribution in [0.1, 0.15) is 16.4 Å². The van der Waals surface area contributed by atoms with Gasteiger partial charge in [-0.2, -0.15) is 9.13 Å². The van der Waals surface area contributed by atoms with Gasteiger partial charge in [0.15, 0.2) is 23.3 Å². The third-order valence-corrected chi connectivity index (χ3v) is 14.4. The van der Waals surface area contributed by atoms with Crippen LogP contribution in [0.2, 0.25) is 10.0 Å². The minimum atomic E-state index is 0.597. The van der Waals surface area contributed by atoms with Gasteiger partial charge in [0.25, 0.3) is 10.0 Å². The molecular formula is C51H40Cl2N4O2S2+2. The second-order valence-corrected chi connectivity index (χ2v) is 18.1. The lowest BCUT2D eigenvalue weighted by atomic mass is 10.0. The van der Waals surface area contributed by atoms with Gasteiger partial charge < -0.3 is 19.3 Å². The predicted octanol–water partition coefficient (Wildman–Crippen LogP) is 13.0. The number of rotatable bonds is 8. The Morgan fingerprint density at radius 2 is 0.967 bits per heavy atom. The van der Waals surface area contributed by atoms with Crippen LogP contribution >= 0.6 is 45.9 Å². The lowest BCUT2D eigenvalue weighted by molar-refractivity contribution is -0.643. The molecule has 0 unspecified atom stereocenters. The predicted molar refractivity (Wildman–Crippen MR) is 255 cm³/mol. The molecule has 8 aromatic rings. The molecule has 2 aliphatic rings. The average molecular weight is 876 g/mol. The summed E-state index contributed by atoms with van der Waals surface area (Å²) >= 11 is 16.6. The zero-order valence-corrected chi connectivity index (χ0v) is 37.0. The Morgan fingerprint density at radius 3 is 1.39 bits per heavy atom. The topological polar surface area (TPSA) is 32.7 Å². The van der Waals surface area contributed by atoms with Crippen LogP contribution in [0.4, 0.5) is 11.4 Å². The maximum absolute atomic E-state index is 6.56. The van der Waals surface area contributed by atoms with Gasteiger partial charge in [0.2, 0.25) is 11.0 Å². The first-order valence-electron chi connectivity index (χ1n) is 19.9. The Kier molecular flexibility index (Phi) is 10.2. The zero-order valence-electron chi connectivity index (χ0n) is 33.9. The van der Waals surface area contributed by atoms with E-state index in [1.165, 1.54) is 0 Å². The highest BCUT2D eigenvalue weighted by atomic mass is 35.5. The molecule has 0 amide bonds. The number of allylic oxidation sites excluding steroid dienone is 6. The van der Waals surface area contributed by atoms with E-state index in [9.17, 15) is 0 Å². The van der Waals surface area contributed by atoms with Crippen molar-refractivity contribution < 1.29 is 18.6 Å². The highest BCUT2D eigenvalue weighted by Crippen LogP contribution is 2.43. The van der Waals surface area contributed by atoms with Gasteiger partial charge >= 0.3 is 0 Å². The van der Waals surface area contributed by atoms with Gasteiger partial charge in [0.05, 0.1) is 11.4 Å². The second-order valence-electron chi connectivity index (χ2n) is 15.1. The van der Waals surface area contributed by atoms with Gasteiger partial charge in [-0.15, -0.1) is 0 Å². The lowest BCUT2D eigenvalue weighted by Crippen LogP contribution is -2.31. The molecule has 0 saturated heterocycles. The molecule has 2 aromatic heterocycles. The van der Waals surface area contributed by atoms with Crippen LogP contribution in [-0.2, 0) is 14.1 Å². The minimum Gasteiger partial charge on any atom is -0.439 e. The molecule has 0 saturated carbocycles. The van der Waals surface area contributed by atoms with Crippen LogP contribution in [0.25, 0.3) is 53.8 Å². The highest BCUT2D eigenvalue weighted by Gasteiger charge is 2.29. The van der Waals surface area contributed by atoms with Gasteiger partial charge in [0, 0.05) is 53.8 Å². The first-order valence-corrected chi connectivity index (χ1v) is 22.3. The summed E-state index contributed by atoms with van der Waals surface area (Å²) in [6.45, 7) is 0. The molecule has 0 N–H and O–H groups in total. The molecule has 0 radical (unpaired) electrons. The summed E-state index contributed by atoms with van der Waals surface area (Å²) in [5, 5.41) is 3.63. The smallest absolute Gasteiger partial charge is 0.266 e. The monoisotopic (exact) mass is 874 g/mol. The molecule has 2 aliphatic heterocycles. The maximum Gasteiger partial charge on any atom is 0.266 e. The van der Waals surface area contributed by atoms with Crippen molar-refractivity contribution in [1.29, 1.82) is 0 Å².